The number of methoxy groups -OCH3 is 2. The Kier molecular flexibility index (Phi) is 4.80. The first kappa shape index (κ1) is 11.4. The van der Waals surface area contributed by atoms with E-state index in [4.69, 9.17) is 20.3 Å². The molecule has 0 amide bonds. The summed E-state index contributed by atoms with van der Waals surface area (Å²) in [5.41, 5.74) is 5.29. The van der Waals surface area contributed by atoms with E-state index < -0.39 is 11.8 Å². The van der Waals surface area contributed by atoms with Gasteiger partial charge in [-0.2, -0.15) is 0 Å². The highest BCUT2D eigenvalue weighted by Gasteiger charge is 2.31. The van der Waals surface area contributed by atoms with Crippen LogP contribution in [0.4, 0.5) is 0 Å². The van der Waals surface area contributed by atoms with Gasteiger partial charge in [-0.05, 0) is 6.54 Å². The number of hydrogen-bond donors (Lipinski definition) is 2. The number of rotatable bonds is 6. The molecule has 0 aliphatic heterocycles. The quantitative estimate of drug-likeness (QED) is 0.549. The van der Waals surface area contributed by atoms with E-state index >= 15 is 0 Å². The molecule has 0 bridgehead atoms. The summed E-state index contributed by atoms with van der Waals surface area (Å²) in [4.78, 5) is 10.4. The van der Waals surface area contributed by atoms with Gasteiger partial charge >= 0.3 is 5.97 Å². The predicted octanol–water partition coefficient (Wildman–Crippen LogP) is -0.201. The zero-order valence-electron chi connectivity index (χ0n) is 7.37. The number of aliphatic carboxylic acids is 1. The minimum absolute atomic E-state index is 0.197. The average Bonchev–Trinajstić information content (AvgIpc) is 2.03. The van der Waals surface area contributed by atoms with Gasteiger partial charge in [-0.1, -0.05) is 0 Å². The van der Waals surface area contributed by atoms with E-state index in [1.165, 1.54) is 14.2 Å². The lowest BCUT2D eigenvalue weighted by Gasteiger charge is -2.28. The Hall–Kier alpha value is -0.650. The van der Waals surface area contributed by atoms with Crippen molar-refractivity contribution >= 4 is 5.97 Å². The van der Waals surface area contributed by atoms with Gasteiger partial charge < -0.3 is 20.3 Å². The molecule has 0 unspecified atom stereocenters. The van der Waals surface area contributed by atoms with E-state index in [1.54, 1.807) is 0 Å². The van der Waals surface area contributed by atoms with Crippen LogP contribution in [0.3, 0.4) is 0 Å². The van der Waals surface area contributed by atoms with Gasteiger partial charge in [0.25, 0.3) is 0 Å². The van der Waals surface area contributed by atoms with E-state index in [0.29, 0.717) is 13.0 Å². The standard InChI is InChI=1S/C7H15NO4/c1-11-7(12-2,3-4-8)5-6(9)10/h3-5,8H2,1-2H3,(H,9,10). The fraction of sp³-hybridized carbons (Fsp3) is 0.857. The van der Waals surface area contributed by atoms with Crippen LogP contribution >= 0.6 is 0 Å². The third kappa shape index (κ3) is 3.17. The van der Waals surface area contributed by atoms with Gasteiger partial charge in [0, 0.05) is 20.6 Å². The first-order chi connectivity index (χ1) is 5.60. The zero-order valence-corrected chi connectivity index (χ0v) is 7.37. The third-order valence-electron chi connectivity index (χ3n) is 1.69. The van der Waals surface area contributed by atoms with Crippen molar-refractivity contribution in [1.29, 1.82) is 0 Å². The lowest BCUT2D eigenvalue weighted by molar-refractivity contribution is -0.217. The minimum atomic E-state index is -1.07. The van der Waals surface area contributed by atoms with Crippen LogP contribution in [0.2, 0.25) is 0 Å². The topological polar surface area (TPSA) is 81.8 Å². The third-order valence-corrected chi connectivity index (χ3v) is 1.69. The molecule has 0 heterocycles. The van der Waals surface area contributed by atoms with E-state index in [-0.39, 0.29) is 6.42 Å². The molecule has 5 heteroatoms. The fourth-order valence-electron chi connectivity index (χ4n) is 0.971. The van der Waals surface area contributed by atoms with Crippen LogP contribution < -0.4 is 5.73 Å². The number of ether oxygens (including phenoxy) is 2. The first-order valence-corrected chi connectivity index (χ1v) is 3.62. The summed E-state index contributed by atoms with van der Waals surface area (Å²) >= 11 is 0. The maximum Gasteiger partial charge on any atom is 0.308 e. The van der Waals surface area contributed by atoms with Crippen molar-refractivity contribution in [2.75, 3.05) is 20.8 Å². The lowest BCUT2D eigenvalue weighted by atomic mass is 10.1. The normalized spacial score (nSPS) is 11.6. The van der Waals surface area contributed by atoms with Crippen molar-refractivity contribution in [1.82, 2.24) is 0 Å². The maximum absolute atomic E-state index is 10.4. The summed E-state index contributed by atoms with van der Waals surface area (Å²) in [6, 6.07) is 0. The largest absolute Gasteiger partial charge is 0.481 e. The van der Waals surface area contributed by atoms with E-state index in [0.717, 1.165) is 0 Å². The number of carboxylic acids is 1. The molecule has 0 saturated carbocycles. The molecule has 0 fully saturated rings. The summed E-state index contributed by atoms with van der Waals surface area (Å²) in [6.07, 6.45) is 0.170. The van der Waals surface area contributed by atoms with Crippen LogP contribution in [0.5, 0.6) is 0 Å². The van der Waals surface area contributed by atoms with Crippen molar-refractivity contribution in [3.63, 3.8) is 0 Å². The summed E-state index contributed by atoms with van der Waals surface area (Å²) in [5, 5.41) is 8.54. The maximum atomic E-state index is 10.4. The molecule has 0 aromatic heterocycles. The molecule has 3 N–H and O–H groups in total. The van der Waals surface area contributed by atoms with Crippen LogP contribution in [-0.2, 0) is 14.3 Å². The fourth-order valence-corrected chi connectivity index (χ4v) is 0.971. The number of hydrogen-bond acceptors (Lipinski definition) is 4. The summed E-state index contributed by atoms with van der Waals surface area (Å²) in [7, 11) is 2.81. The Morgan fingerprint density at radius 1 is 1.50 bits per heavy atom. The lowest BCUT2D eigenvalue weighted by Crippen LogP contribution is -2.38. The second kappa shape index (κ2) is 5.08. The molecule has 0 radical (unpaired) electrons. The van der Waals surface area contributed by atoms with Crippen LogP contribution in [-0.4, -0.2) is 37.6 Å². The Balaban J connectivity index is 4.23. The smallest absolute Gasteiger partial charge is 0.308 e. The first-order valence-electron chi connectivity index (χ1n) is 3.62. The van der Waals surface area contributed by atoms with Crippen LogP contribution in [0.25, 0.3) is 0 Å². The molecule has 0 aromatic carbocycles. The van der Waals surface area contributed by atoms with E-state index in [9.17, 15) is 4.79 Å². The van der Waals surface area contributed by atoms with Crippen LogP contribution in [0, 0.1) is 0 Å². The Bertz CT molecular complexity index is 144. The second-order valence-electron chi connectivity index (χ2n) is 2.43. The van der Waals surface area contributed by atoms with Crippen LogP contribution in [0.1, 0.15) is 12.8 Å². The molecular weight excluding hydrogens is 162 g/mol. The van der Waals surface area contributed by atoms with Crippen molar-refractivity contribution in [3.05, 3.63) is 0 Å². The average molecular weight is 177 g/mol. The number of carboxylic acid groups (broad SMARTS) is 1. The molecule has 5 nitrogen and oxygen atoms in total. The Labute approximate surface area is 71.5 Å². The van der Waals surface area contributed by atoms with Crippen molar-refractivity contribution in [2.45, 2.75) is 18.6 Å². The summed E-state index contributed by atoms with van der Waals surface area (Å²) in [6.45, 7) is 0.328. The Morgan fingerprint density at radius 3 is 2.25 bits per heavy atom. The van der Waals surface area contributed by atoms with E-state index in [2.05, 4.69) is 0 Å². The number of carbonyl (C=O) groups is 1. The van der Waals surface area contributed by atoms with Crippen molar-refractivity contribution < 1.29 is 19.4 Å². The highest BCUT2D eigenvalue weighted by Crippen LogP contribution is 2.19. The molecule has 0 spiro atoms. The summed E-state index contributed by atoms with van der Waals surface area (Å²) < 4.78 is 9.91. The predicted molar refractivity (Wildman–Crippen MR) is 42.7 cm³/mol. The van der Waals surface area contributed by atoms with Gasteiger partial charge in [0.2, 0.25) is 0 Å². The van der Waals surface area contributed by atoms with Gasteiger partial charge in [0.05, 0.1) is 6.42 Å². The van der Waals surface area contributed by atoms with E-state index in [1.807, 2.05) is 0 Å². The highest BCUT2D eigenvalue weighted by molar-refractivity contribution is 5.67. The molecule has 0 aliphatic rings. The van der Waals surface area contributed by atoms with Crippen LogP contribution in [0.15, 0.2) is 0 Å². The van der Waals surface area contributed by atoms with Gasteiger partial charge in [-0.3, -0.25) is 4.79 Å². The van der Waals surface area contributed by atoms with Gasteiger partial charge in [0.15, 0.2) is 5.79 Å². The Morgan fingerprint density at radius 2 is 2.00 bits per heavy atom. The SMILES string of the molecule is COC(CCN)(CC(=O)O)OC. The molecule has 0 aromatic rings. The molecule has 0 rings (SSSR count). The summed E-state index contributed by atoms with van der Waals surface area (Å²) in [5.74, 6) is -2.03. The minimum Gasteiger partial charge on any atom is -0.481 e. The van der Waals surface area contributed by atoms with Gasteiger partial charge in [-0.25, -0.2) is 0 Å². The van der Waals surface area contributed by atoms with Crippen molar-refractivity contribution in [3.8, 4) is 0 Å². The van der Waals surface area contributed by atoms with Gasteiger partial charge in [0.1, 0.15) is 0 Å². The van der Waals surface area contributed by atoms with Gasteiger partial charge in [-0.15, -0.1) is 0 Å². The molecule has 0 saturated heterocycles. The van der Waals surface area contributed by atoms with Crippen molar-refractivity contribution in [2.24, 2.45) is 5.73 Å². The molecular formula is C7H15NO4. The zero-order chi connectivity index (χ0) is 9.61. The molecule has 0 aliphatic carbocycles. The molecule has 0 atom stereocenters. The molecule has 12 heavy (non-hydrogen) atoms. The monoisotopic (exact) mass is 177 g/mol. The second-order valence-corrected chi connectivity index (χ2v) is 2.43. The molecule has 72 valence electrons. The number of nitrogens with two attached hydrogens (primary N) is 1. The highest BCUT2D eigenvalue weighted by atomic mass is 16.7.